The number of aryl methyl sites for hydroxylation is 1. The lowest BCUT2D eigenvalue weighted by Crippen LogP contribution is -2.29. The maximum absolute atomic E-state index is 12.2. The van der Waals surface area contributed by atoms with Crippen LogP contribution in [0, 0.1) is 6.92 Å². The summed E-state index contributed by atoms with van der Waals surface area (Å²) in [5.74, 6) is 0.639. The maximum atomic E-state index is 12.2. The van der Waals surface area contributed by atoms with Gasteiger partial charge in [-0.2, -0.15) is 0 Å². The van der Waals surface area contributed by atoms with Crippen LogP contribution in [0.25, 0.3) is 0 Å². The number of esters is 1. The first-order valence-electron chi connectivity index (χ1n) is 8.64. The van der Waals surface area contributed by atoms with E-state index in [9.17, 15) is 9.59 Å². The Labute approximate surface area is 164 Å². The summed E-state index contributed by atoms with van der Waals surface area (Å²) >= 11 is 1.45. The lowest BCUT2D eigenvalue weighted by atomic mass is 10.2. The minimum absolute atomic E-state index is 0.195. The molecule has 146 valence electrons. The van der Waals surface area contributed by atoms with Crippen LogP contribution in [0.5, 0.6) is 0 Å². The Morgan fingerprint density at radius 3 is 3.00 bits per heavy atom. The summed E-state index contributed by atoms with van der Waals surface area (Å²) in [7, 11) is 1.32. The van der Waals surface area contributed by atoms with Gasteiger partial charge in [0.05, 0.1) is 19.3 Å². The van der Waals surface area contributed by atoms with Gasteiger partial charge in [-0.1, -0.05) is 5.16 Å². The van der Waals surface area contributed by atoms with Crippen LogP contribution in [-0.4, -0.2) is 40.6 Å². The van der Waals surface area contributed by atoms with Crippen molar-refractivity contribution in [2.45, 2.75) is 26.4 Å². The van der Waals surface area contributed by atoms with Gasteiger partial charge in [-0.25, -0.2) is 9.78 Å². The van der Waals surface area contributed by atoms with Crippen molar-refractivity contribution in [3.63, 3.8) is 0 Å². The van der Waals surface area contributed by atoms with Crippen LogP contribution in [0.15, 0.2) is 27.1 Å². The van der Waals surface area contributed by atoms with E-state index in [1.165, 1.54) is 18.4 Å². The number of hydrogen-bond acceptors (Lipinski definition) is 9. The van der Waals surface area contributed by atoms with Gasteiger partial charge in [-0.15, -0.1) is 11.3 Å². The average Bonchev–Trinajstić information content (AvgIpc) is 3.40. The molecule has 10 heteroatoms. The first kappa shape index (κ1) is 18.4. The minimum atomic E-state index is -0.489. The molecule has 0 fully saturated rings. The van der Waals surface area contributed by atoms with Crippen molar-refractivity contribution in [3.05, 3.63) is 51.7 Å². The fourth-order valence-electron chi connectivity index (χ4n) is 2.96. The molecular formula is C18H18N4O5S. The van der Waals surface area contributed by atoms with E-state index in [-0.39, 0.29) is 17.4 Å². The summed E-state index contributed by atoms with van der Waals surface area (Å²) in [5.41, 5.74) is 1.22. The molecule has 0 unspecified atom stereocenters. The number of hydrogen-bond donors (Lipinski definition) is 1. The number of thiazole rings is 1. The van der Waals surface area contributed by atoms with Gasteiger partial charge in [-0.3, -0.25) is 15.0 Å². The van der Waals surface area contributed by atoms with Crippen molar-refractivity contribution < 1.29 is 23.3 Å². The van der Waals surface area contributed by atoms with Crippen LogP contribution in [0.1, 0.15) is 43.1 Å². The second-order valence-electron chi connectivity index (χ2n) is 6.38. The monoisotopic (exact) mass is 402 g/mol. The first-order chi connectivity index (χ1) is 13.5. The molecule has 3 aromatic heterocycles. The molecule has 3 aromatic rings. The quantitative estimate of drug-likeness (QED) is 0.649. The van der Waals surface area contributed by atoms with E-state index in [0.717, 1.165) is 23.5 Å². The van der Waals surface area contributed by atoms with E-state index in [1.54, 1.807) is 25.1 Å². The predicted molar refractivity (Wildman–Crippen MR) is 99.2 cm³/mol. The highest BCUT2D eigenvalue weighted by atomic mass is 32.1. The van der Waals surface area contributed by atoms with Crippen molar-refractivity contribution >= 4 is 28.3 Å². The van der Waals surface area contributed by atoms with Crippen molar-refractivity contribution in [1.82, 2.24) is 15.0 Å². The molecule has 0 saturated carbocycles. The van der Waals surface area contributed by atoms with Crippen LogP contribution in [0.4, 0.5) is 5.13 Å². The summed E-state index contributed by atoms with van der Waals surface area (Å²) in [6.07, 6.45) is 0.773. The van der Waals surface area contributed by atoms with Gasteiger partial charge in [0.2, 0.25) is 5.76 Å². The van der Waals surface area contributed by atoms with E-state index in [4.69, 9.17) is 8.94 Å². The molecule has 1 amide bonds. The molecule has 0 aliphatic carbocycles. The highest BCUT2D eigenvalue weighted by Crippen LogP contribution is 2.29. The fourth-order valence-corrected chi connectivity index (χ4v) is 4.01. The second-order valence-corrected chi connectivity index (χ2v) is 7.47. The number of furan rings is 1. The Kier molecular flexibility index (Phi) is 4.97. The van der Waals surface area contributed by atoms with Gasteiger partial charge < -0.3 is 13.7 Å². The zero-order valence-electron chi connectivity index (χ0n) is 15.4. The lowest BCUT2D eigenvalue weighted by molar-refractivity contribution is 0.0560. The van der Waals surface area contributed by atoms with Crippen LogP contribution in [0.2, 0.25) is 0 Å². The van der Waals surface area contributed by atoms with E-state index < -0.39 is 5.97 Å². The molecule has 4 rings (SSSR count). The molecule has 4 heterocycles. The summed E-state index contributed by atoms with van der Waals surface area (Å²) in [6, 6.07) is 4.97. The number of nitrogens with zero attached hydrogens (tertiary/aromatic N) is 3. The summed E-state index contributed by atoms with van der Waals surface area (Å²) in [4.78, 5) is 31.5. The number of amides is 1. The summed E-state index contributed by atoms with van der Waals surface area (Å²) in [5, 5.41) is 7.03. The van der Waals surface area contributed by atoms with E-state index in [0.29, 0.717) is 29.7 Å². The predicted octanol–water partition coefficient (Wildman–Crippen LogP) is 2.63. The lowest BCUT2D eigenvalue weighted by Gasteiger charge is -2.24. The van der Waals surface area contributed by atoms with Gasteiger partial charge in [0.25, 0.3) is 5.91 Å². The van der Waals surface area contributed by atoms with E-state index in [2.05, 4.69) is 25.1 Å². The summed E-state index contributed by atoms with van der Waals surface area (Å²) in [6.45, 7) is 3.81. The number of carbonyl (C=O) groups excluding carboxylic acids is 2. The maximum Gasteiger partial charge on any atom is 0.373 e. The van der Waals surface area contributed by atoms with Crippen LogP contribution >= 0.6 is 11.3 Å². The zero-order chi connectivity index (χ0) is 19.7. The highest BCUT2D eigenvalue weighted by molar-refractivity contribution is 7.15. The third-order valence-corrected chi connectivity index (χ3v) is 5.32. The Balaban J connectivity index is 1.39. The SMILES string of the molecule is COC(=O)c1ccc(CN2CCc3nc(NC(=O)c4cc(C)on4)sc3C2)o1. The molecule has 0 aromatic carbocycles. The van der Waals surface area contributed by atoms with Gasteiger partial charge in [0.15, 0.2) is 10.8 Å². The molecule has 0 radical (unpaired) electrons. The first-order valence-corrected chi connectivity index (χ1v) is 9.46. The van der Waals surface area contributed by atoms with Crippen molar-refractivity contribution in [1.29, 1.82) is 0 Å². The number of methoxy groups -OCH3 is 1. The zero-order valence-corrected chi connectivity index (χ0v) is 16.2. The molecule has 0 bridgehead atoms. The second kappa shape index (κ2) is 7.56. The Morgan fingerprint density at radius 1 is 1.39 bits per heavy atom. The molecule has 0 saturated heterocycles. The molecule has 1 N–H and O–H groups in total. The molecular weight excluding hydrogens is 384 g/mol. The van der Waals surface area contributed by atoms with E-state index >= 15 is 0 Å². The molecule has 28 heavy (non-hydrogen) atoms. The number of fused-ring (bicyclic) bond motifs is 1. The van der Waals surface area contributed by atoms with Gasteiger partial charge in [0.1, 0.15) is 11.5 Å². The average molecular weight is 402 g/mol. The van der Waals surface area contributed by atoms with E-state index in [1.807, 2.05) is 0 Å². The third-order valence-electron chi connectivity index (χ3n) is 4.32. The molecule has 9 nitrogen and oxygen atoms in total. The Bertz CT molecular complexity index is 1020. The van der Waals surface area contributed by atoms with Gasteiger partial charge >= 0.3 is 5.97 Å². The summed E-state index contributed by atoms with van der Waals surface area (Å²) < 4.78 is 15.1. The van der Waals surface area contributed by atoms with Crippen molar-refractivity contribution in [2.75, 3.05) is 19.0 Å². The topological polar surface area (TPSA) is 111 Å². The standard InChI is InChI=1S/C18H18N4O5S/c1-10-7-13(21-27-10)16(23)20-18-19-12-5-6-22(9-15(12)28-18)8-11-3-4-14(26-11)17(24)25-2/h3-4,7H,5-6,8-9H2,1-2H3,(H,19,20,23). The molecule has 0 atom stereocenters. The Morgan fingerprint density at radius 2 is 2.25 bits per heavy atom. The third kappa shape index (κ3) is 3.82. The van der Waals surface area contributed by atoms with Crippen LogP contribution in [0.3, 0.4) is 0 Å². The van der Waals surface area contributed by atoms with Gasteiger partial charge in [0, 0.05) is 30.5 Å². The van der Waals surface area contributed by atoms with Crippen molar-refractivity contribution in [3.8, 4) is 0 Å². The van der Waals surface area contributed by atoms with Crippen LogP contribution < -0.4 is 5.32 Å². The van der Waals surface area contributed by atoms with Gasteiger partial charge in [-0.05, 0) is 19.1 Å². The largest absolute Gasteiger partial charge is 0.463 e. The normalized spacial score (nSPS) is 13.9. The number of anilines is 1. The number of carbonyl (C=O) groups is 2. The minimum Gasteiger partial charge on any atom is -0.463 e. The number of nitrogens with one attached hydrogen (secondary N) is 1. The molecule has 1 aliphatic rings. The fraction of sp³-hybridized carbons (Fsp3) is 0.333. The molecule has 0 spiro atoms. The van der Waals surface area contributed by atoms with Crippen molar-refractivity contribution in [2.24, 2.45) is 0 Å². The number of ether oxygens (including phenoxy) is 1. The number of rotatable bonds is 5. The smallest absolute Gasteiger partial charge is 0.373 e. The number of aromatic nitrogens is 2. The Hall–Kier alpha value is -2.98. The van der Waals surface area contributed by atoms with Crippen LogP contribution in [-0.2, 0) is 24.2 Å². The highest BCUT2D eigenvalue weighted by Gasteiger charge is 2.23. The molecule has 1 aliphatic heterocycles.